The largest absolute Gasteiger partial charge is 0.337 e. The third-order valence-electron chi connectivity index (χ3n) is 5.89. The molecule has 150 valence electrons. The molecule has 0 unspecified atom stereocenters. The van der Waals surface area contributed by atoms with Gasteiger partial charge in [-0.2, -0.15) is 5.26 Å². The van der Waals surface area contributed by atoms with Crippen LogP contribution in [0.15, 0.2) is 24.3 Å². The molecule has 1 aromatic carbocycles. The average Bonchev–Trinajstić information content (AvgIpc) is 3.14. The number of fused-ring (bicyclic) bond motifs is 1. The van der Waals surface area contributed by atoms with Crippen molar-refractivity contribution in [3.8, 4) is 6.07 Å². The third-order valence-corrected chi connectivity index (χ3v) is 5.89. The van der Waals surface area contributed by atoms with Crippen molar-refractivity contribution in [3.63, 3.8) is 0 Å². The Kier molecular flexibility index (Phi) is 5.34. The van der Waals surface area contributed by atoms with E-state index in [4.69, 9.17) is 0 Å². The number of aromatic nitrogens is 2. The number of piperidine rings is 1. The molecular formula is C22H25N5O2. The number of nitriles is 1. The lowest BCUT2D eigenvalue weighted by Gasteiger charge is -2.30. The fourth-order valence-electron chi connectivity index (χ4n) is 4.12. The molecule has 1 aromatic heterocycles. The first-order valence-corrected chi connectivity index (χ1v) is 10.3. The van der Waals surface area contributed by atoms with Crippen molar-refractivity contribution in [1.82, 2.24) is 14.5 Å². The van der Waals surface area contributed by atoms with Crippen LogP contribution >= 0.6 is 0 Å². The number of hydrogen-bond acceptors (Lipinski definition) is 4. The van der Waals surface area contributed by atoms with Crippen molar-refractivity contribution in [2.75, 3.05) is 18.4 Å². The van der Waals surface area contributed by atoms with Gasteiger partial charge in [0.1, 0.15) is 11.8 Å². The fraction of sp³-hybridized carbons (Fsp3) is 0.455. The van der Waals surface area contributed by atoms with Crippen LogP contribution < -0.4 is 5.32 Å². The number of carbonyl (C=O) groups excluding carboxylic acids is 2. The molecule has 29 heavy (non-hydrogen) atoms. The Hall–Kier alpha value is -3.14. The molecule has 0 atom stereocenters. The number of amides is 2. The van der Waals surface area contributed by atoms with E-state index in [1.54, 1.807) is 24.3 Å². The molecule has 2 amide bonds. The molecule has 4 rings (SSSR count). The predicted molar refractivity (Wildman–Crippen MR) is 109 cm³/mol. The molecule has 3 heterocycles. The summed E-state index contributed by atoms with van der Waals surface area (Å²) in [5, 5.41) is 12.1. The summed E-state index contributed by atoms with van der Waals surface area (Å²) >= 11 is 0. The van der Waals surface area contributed by atoms with E-state index in [-0.39, 0.29) is 17.6 Å². The first-order chi connectivity index (χ1) is 14.1. The van der Waals surface area contributed by atoms with Crippen molar-refractivity contribution in [2.24, 2.45) is 5.92 Å². The van der Waals surface area contributed by atoms with Gasteiger partial charge in [0, 0.05) is 19.6 Å². The highest BCUT2D eigenvalue weighted by molar-refractivity contribution is 6.04. The highest BCUT2D eigenvalue weighted by Gasteiger charge is 2.31. The number of carbonyl (C=O) groups is 2. The van der Waals surface area contributed by atoms with E-state index >= 15 is 0 Å². The predicted octanol–water partition coefficient (Wildman–Crippen LogP) is 3.22. The number of benzene rings is 1. The van der Waals surface area contributed by atoms with Crippen molar-refractivity contribution in [3.05, 3.63) is 47.0 Å². The van der Waals surface area contributed by atoms with Gasteiger partial charge >= 0.3 is 0 Å². The molecule has 1 saturated heterocycles. The van der Waals surface area contributed by atoms with E-state index in [0.29, 0.717) is 29.4 Å². The standard InChI is InChI=1S/C22H25N5O2/c1-15-9-12-26(13-10-15)22(29)19-18-8-4-5-11-27(18)20(25-19)21(28)24-17-7-3-2-6-16(17)14-23/h2-3,6-7,15H,4-5,8-13H2,1H3,(H,24,28). The highest BCUT2D eigenvalue weighted by Crippen LogP contribution is 2.25. The Labute approximate surface area is 170 Å². The van der Waals surface area contributed by atoms with Gasteiger partial charge in [-0.1, -0.05) is 19.1 Å². The van der Waals surface area contributed by atoms with Gasteiger partial charge in [0.15, 0.2) is 5.82 Å². The van der Waals surface area contributed by atoms with Gasteiger partial charge < -0.3 is 14.8 Å². The van der Waals surface area contributed by atoms with Crippen LogP contribution in [-0.2, 0) is 13.0 Å². The lowest BCUT2D eigenvalue weighted by Crippen LogP contribution is -2.38. The van der Waals surface area contributed by atoms with Gasteiger partial charge in [-0.15, -0.1) is 0 Å². The minimum Gasteiger partial charge on any atom is -0.337 e. The van der Waals surface area contributed by atoms with Crippen molar-refractivity contribution >= 4 is 17.5 Å². The second-order valence-corrected chi connectivity index (χ2v) is 7.93. The lowest BCUT2D eigenvalue weighted by molar-refractivity contribution is 0.0690. The maximum absolute atomic E-state index is 13.1. The SMILES string of the molecule is CC1CCN(C(=O)c2nc(C(=O)Nc3ccccc3C#N)n3c2CCCC3)CC1. The Morgan fingerprint density at radius 2 is 1.93 bits per heavy atom. The number of anilines is 1. The van der Waals surface area contributed by atoms with Gasteiger partial charge in [0.25, 0.3) is 11.8 Å². The molecule has 0 bridgehead atoms. The molecule has 0 spiro atoms. The minimum atomic E-state index is -0.387. The first-order valence-electron chi connectivity index (χ1n) is 10.3. The molecule has 0 saturated carbocycles. The lowest BCUT2D eigenvalue weighted by atomic mass is 9.98. The number of likely N-dealkylation sites (tertiary alicyclic amines) is 1. The van der Waals surface area contributed by atoms with Crippen molar-refractivity contribution in [1.29, 1.82) is 5.26 Å². The summed E-state index contributed by atoms with van der Waals surface area (Å²) in [5.41, 5.74) is 2.12. The van der Waals surface area contributed by atoms with Gasteiger partial charge in [-0.3, -0.25) is 9.59 Å². The van der Waals surface area contributed by atoms with Crippen LogP contribution in [0.5, 0.6) is 0 Å². The summed E-state index contributed by atoms with van der Waals surface area (Å²) in [6, 6.07) is 8.95. The number of rotatable bonds is 3. The van der Waals surface area contributed by atoms with Crippen LogP contribution in [0.4, 0.5) is 5.69 Å². The topological polar surface area (TPSA) is 91.0 Å². The molecule has 7 heteroatoms. The normalized spacial score (nSPS) is 16.8. The molecule has 2 aromatic rings. The molecule has 2 aliphatic rings. The number of nitrogens with zero attached hydrogens (tertiary/aromatic N) is 4. The van der Waals surface area contributed by atoms with Gasteiger partial charge in [0.05, 0.1) is 16.9 Å². The van der Waals surface area contributed by atoms with Crippen LogP contribution in [0.3, 0.4) is 0 Å². The second kappa shape index (κ2) is 8.08. The van der Waals surface area contributed by atoms with Crippen LogP contribution in [0, 0.1) is 17.2 Å². The Balaban J connectivity index is 1.63. The molecule has 1 N–H and O–H groups in total. The Morgan fingerprint density at radius 1 is 1.17 bits per heavy atom. The van der Waals surface area contributed by atoms with E-state index < -0.39 is 0 Å². The second-order valence-electron chi connectivity index (χ2n) is 7.93. The molecule has 7 nitrogen and oxygen atoms in total. The summed E-state index contributed by atoms with van der Waals surface area (Å²) in [6.45, 7) is 4.36. The van der Waals surface area contributed by atoms with Crippen LogP contribution in [-0.4, -0.2) is 39.4 Å². The smallest absolute Gasteiger partial charge is 0.291 e. The fourth-order valence-corrected chi connectivity index (χ4v) is 4.12. The number of para-hydroxylation sites is 1. The zero-order valence-electron chi connectivity index (χ0n) is 16.6. The van der Waals surface area contributed by atoms with Crippen LogP contribution in [0.25, 0.3) is 0 Å². The minimum absolute atomic E-state index is 0.0703. The molecule has 0 aliphatic carbocycles. The molecule has 1 fully saturated rings. The van der Waals surface area contributed by atoms with Crippen LogP contribution in [0.2, 0.25) is 0 Å². The van der Waals surface area contributed by atoms with E-state index in [9.17, 15) is 14.9 Å². The van der Waals surface area contributed by atoms with Gasteiger partial charge in [0.2, 0.25) is 0 Å². The summed E-state index contributed by atoms with van der Waals surface area (Å²) in [7, 11) is 0. The average molecular weight is 391 g/mol. The zero-order valence-corrected chi connectivity index (χ0v) is 16.6. The summed E-state index contributed by atoms with van der Waals surface area (Å²) in [6.07, 6.45) is 4.69. The third kappa shape index (κ3) is 3.75. The Bertz CT molecular complexity index is 980. The van der Waals surface area contributed by atoms with E-state index in [0.717, 1.165) is 50.9 Å². The summed E-state index contributed by atoms with van der Waals surface area (Å²) in [4.78, 5) is 32.5. The van der Waals surface area contributed by atoms with Crippen LogP contribution in [0.1, 0.15) is 65.0 Å². The van der Waals surface area contributed by atoms with Gasteiger partial charge in [-0.05, 0) is 50.2 Å². The maximum Gasteiger partial charge on any atom is 0.291 e. The van der Waals surface area contributed by atoms with E-state index in [1.807, 2.05) is 9.47 Å². The maximum atomic E-state index is 13.1. The molecular weight excluding hydrogens is 366 g/mol. The quantitative estimate of drug-likeness (QED) is 0.870. The van der Waals surface area contributed by atoms with Gasteiger partial charge in [-0.25, -0.2) is 4.98 Å². The molecule has 2 aliphatic heterocycles. The van der Waals surface area contributed by atoms with E-state index in [2.05, 4.69) is 23.3 Å². The monoisotopic (exact) mass is 391 g/mol. The highest BCUT2D eigenvalue weighted by atomic mass is 16.2. The van der Waals surface area contributed by atoms with Crippen molar-refractivity contribution < 1.29 is 9.59 Å². The zero-order chi connectivity index (χ0) is 20.4. The number of nitrogens with one attached hydrogen (secondary N) is 1. The number of imidazole rings is 1. The molecule has 0 radical (unpaired) electrons. The summed E-state index contributed by atoms with van der Waals surface area (Å²) < 4.78 is 1.88. The van der Waals surface area contributed by atoms with E-state index in [1.165, 1.54) is 0 Å². The Morgan fingerprint density at radius 3 is 2.69 bits per heavy atom. The first kappa shape index (κ1) is 19.2. The summed E-state index contributed by atoms with van der Waals surface area (Å²) in [5.74, 6) is 0.430. The number of hydrogen-bond donors (Lipinski definition) is 1. The van der Waals surface area contributed by atoms with Crippen molar-refractivity contribution in [2.45, 2.75) is 45.6 Å².